The second-order valence-corrected chi connectivity index (χ2v) is 5.45. The molecule has 0 amide bonds. The quantitative estimate of drug-likeness (QED) is 0.800. The second-order valence-electron chi connectivity index (χ2n) is 4.14. The Labute approximate surface area is 105 Å². The summed E-state index contributed by atoms with van der Waals surface area (Å²) in [5.74, 6) is 0. The van der Waals surface area contributed by atoms with Gasteiger partial charge in [0, 0.05) is 11.4 Å². The average Bonchev–Trinajstić information content (AvgIpc) is 2.40. The molecule has 17 heavy (non-hydrogen) atoms. The van der Waals surface area contributed by atoms with Crippen LogP contribution in [0.15, 0.2) is 17.2 Å². The molecule has 86 valence electrons. The molecule has 0 bridgehead atoms. The minimum Gasteiger partial charge on any atom is -0.244 e. The molecule has 1 aliphatic rings. The topological polar surface area (TPSA) is 60.5 Å². The number of aromatic nitrogens is 1. The van der Waals surface area contributed by atoms with E-state index in [9.17, 15) is 0 Å². The average molecular weight is 243 g/mol. The Morgan fingerprint density at radius 1 is 1.18 bits per heavy atom. The third-order valence-electron chi connectivity index (χ3n) is 2.97. The minimum atomic E-state index is 0.389. The molecular formula is C13H13N3S. The van der Waals surface area contributed by atoms with Crippen LogP contribution < -0.4 is 0 Å². The van der Waals surface area contributed by atoms with Crippen molar-refractivity contribution in [3.63, 3.8) is 0 Å². The molecule has 3 nitrogen and oxygen atoms in total. The molecular weight excluding hydrogens is 230 g/mol. The lowest BCUT2D eigenvalue weighted by Crippen LogP contribution is -2.08. The first-order valence-corrected chi connectivity index (χ1v) is 6.69. The summed E-state index contributed by atoms with van der Waals surface area (Å²) >= 11 is 1.66. The minimum absolute atomic E-state index is 0.389. The van der Waals surface area contributed by atoms with Crippen molar-refractivity contribution in [2.75, 3.05) is 0 Å². The largest absolute Gasteiger partial charge is 0.244 e. The summed E-state index contributed by atoms with van der Waals surface area (Å²) in [6, 6.07) is 5.91. The molecule has 0 saturated heterocycles. The molecule has 0 aliphatic heterocycles. The van der Waals surface area contributed by atoms with Gasteiger partial charge in [-0.05, 0) is 18.9 Å². The van der Waals surface area contributed by atoms with E-state index >= 15 is 0 Å². The Morgan fingerprint density at radius 3 is 2.59 bits per heavy atom. The number of pyridine rings is 1. The number of thioether (sulfide) groups is 1. The lowest BCUT2D eigenvalue weighted by Gasteiger charge is -2.21. The van der Waals surface area contributed by atoms with Gasteiger partial charge < -0.3 is 0 Å². The van der Waals surface area contributed by atoms with Crippen LogP contribution in [0.3, 0.4) is 0 Å². The lowest BCUT2D eigenvalue weighted by atomic mass is 10.0. The molecule has 0 spiro atoms. The smallest absolute Gasteiger partial charge is 0.155 e. The summed E-state index contributed by atoms with van der Waals surface area (Å²) < 4.78 is 0. The van der Waals surface area contributed by atoms with Gasteiger partial charge >= 0.3 is 0 Å². The van der Waals surface area contributed by atoms with E-state index in [4.69, 9.17) is 10.5 Å². The molecule has 2 rings (SSSR count). The highest BCUT2D eigenvalue weighted by atomic mass is 32.2. The van der Waals surface area contributed by atoms with Crippen LogP contribution >= 0.6 is 11.8 Å². The molecule has 1 aromatic heterocycles. The first kappa shape index (κ1) is 12.0. The molecule has 4 heteroatoms. The summed E-state index contributed by atoms with van der Waals surface area (Å²) in [6.45, 7) is 0. The van der Waals surface area contributed by atoms with Gasteiger partial charge in [-0.1, -0.05) is 19.3 Å². The van der Waals surface area contributed by atoms with E-state index in [1.54, 1.807) is 17.8 Å². The third kappa shape index (κ3) is 2.78. The Hall–Kier alpha value is -1.52. The Morgan fingerprint density at radius 2 is 1.94 bits per heavy atom. The number of hydrogen-bond donors (Lipinski definition) is 0. The van der Waals surface area contributed by atoms with Crippen LogP contribution in [0.25, 0.3) is 0 Å². The van der Waals surface area contributed by atoms with Crippen LogP contribution in [0.1, 0.15) is 43.4 Å². The van der Waals surface area contributed by atoms with Crippen LogP contribution in [0.5, 0.6) is 0 Å². The molecule has 0 unspecified atom stereocenters. The summed E-state index contributed by atoms with van der Waals surface area (Å²) in [4.78, 5) is 4.81. The maximum atomic E-state index is 9.07. The lowest BCUT2D eigenvalue weighted by molar-refractivity contribution is 0.516. The van der Waals surface area contributed by atoms with Crippen molar-refractivity contribution in [3.05, 3.63) is 23.5 Å². The van der Waals surface area contributed by atoms with E-state index in [0.717, 1.165) is 4.90 Å². The Bertz CT molecular complexity index is 446. The number of hydrogen-bond acceptors (Lipinski definition) is 4. The number of nitriles is 2. The predicted molar refractivity (Wildman–Crippen MR) is 66.4 cm³/mol. The van der Waals surface area contributed by atoms with Crippen molar-refractivity contribution in [2.45, 2.75) is 42.2 Å². The fraction of sp³-hybridized carbons (Fsp3) is 0.462. The van der Waals surface area contributed by atoms with Crippen molar-refractivity contribution < 1.29 is 0 Å². The van der Waals surface area contributed by atoms with Gasteiger partial charge in [0.1, 0.15) is 12.1 Å². The van der Waals surface area contributed by atoms with E-state index in [-0.39, 0.29) is 0 Å². The van der Waals surface area contributed by atoms with Crippen molar-refractivity contribution in [1.82, 2.24) is 4.98 Å². The van der Waals surface area contributed by atoms with Gasteiger partial charge in [-0.15, -0.1) is 11.8 Å². The first-order chi connectivity index (χ1) is 8.35. The fourth-order valence-electron chi connectivity index (χ4n) is 2.08. The van der Waals surface area contributed by atoms with Crippen LogP contribution in [0, 0.1) is 22.7 Å². The summed E-state index contributed by atoms with van der Waals surface area (Å²) in [5.41, 5.74) is 0.965. The monoisotopic (exact) mass is 243 g/mol. The van der Waals surface area contributed by atoms with Gasteiger partial charge in [-0.25, -0.2) is 4.98 Å². The molecule has 0 N–H and O–H groups in total. The summed E-state index contributed by atoms with van der Waals surface area (Å²) in [5, 5.41) is 18.6. The highest BCUT2D eigenvalue weighted by Crippen LogP contribution is 2.36. The van der Waals surface area contributed by atoms with Gasteiger partial charge in [0.15, 0.2) is 5.69 Å². The molecule has 0 radical (unpaired) electrons. The molecule has 0 atom stereocenters. The zero-order chi connectivity index (χ0) is 12.1. The van der Waals surface area contributed by atoms with E-state index in [2.05, 4.69) is 17.1 Å². The fourth-order valence-corrected chi connectivity index (χ4v) is 3.44. The second kappa shape index (κ2) is 5.70. The van der Waals surface area contributed by atoms with Gasteiger partial charge in [-0.3, -0.25) is 0 Å². The zero-order valence-electron chi connectivity index (χ0n) is 9.52. The Kier molecular flexibility index (Phi) is 4.01. The first-order valence-electron chi connectivity index (χ1n) is 5.81. The molecule has 1 aliphatic carbocycles. The van der Waals surface area contributed by atoms with Crippen LogP contribution in [-0.2, 0) is 0 Å². The normalized spacial score (nSPS) is 16.1. The standard InChI is InChI=1S/C13H13N3S/c14-8-10-6-7-16-12(9-15)13(10)17-11-4-2-1-3-5-11/h6-7,11H,1-5H2. The van der Waals surface area contributed by atoms with Crippen molar-refractivity contribution in [1.29, 1.82) is 10.5 Å². The van der Waals surface area contributed by atoms with Crippen molar-refractivity contribution >= 4 is 11.8 Å². The molecule has 0 aromatic carbocycles. The molecule has 1 saturated carbocycles. The highest BCUT2D eigenvalue weighted by molar-refractivity contribution is 8.00. The maximum Gasteiger partial charge on any atom is 0.155 e. The third-order valence-corrected chi connectivity index (χ3v) is 4.42. The Balaban J connectivity index is 2.24. The van der Waals surface area contributed by atoms with Crippen LogP contribution in [0.2, 0.25) is 0 Å². The SMILES string of the molecule is N#Cc1ccnc(C#N)c1SC1CCCCC1. The van der Waals surface area contributed by atoms with Crippen LogP contribution in [-0.4, -0.2) is 10.2 Å². The molecule has 1 fully saturated rings. The van der Waals surface area contributed by atoms with Crippen molar-refractivity contribution in [3.8, 4) is 12.1 Å². The molecule has 1 aromatic rings. The summed E-state index contributed by atoms with van der Waals surface area (Å²) in [7, 11) is 0. The molecule has 1 heterocycles. The zero-order valence-corrected chi connectivity index (χ0v) is 10.3. The summed E-state index contributed by atoms with van der Waals surface area (Å²) in [6.07, 6.45) is 7.69. The van der Waals surface area contributed by atoms with Gasteiger partial charge in [-0.2, -0.15) is 10.5 Å². The number of rotatable bonds is 2. The van der Waals surface area contributed by atoms with E-state index < -0.39 is 0 Å². The van der Waals surface area contributed by atoms with Gasteiger partial charge in [0.25, 0.3) is 0 Å². The van der Waals surface area contributed by atoms with E-state index in [1.165, 1.54) is 38.3 Å². The maximum absolute atomic E-state index is 9.07. The van der Waals surface area contributed by atoms with Crippen molar-refractivity contribution in [2.24, 2.45) is 0 Å². The van der Waals surface area contributed by atoms with E-state index in [1.807, 2.05) is 0 Å². The van der Waals surface area contributed by atoms with Gasteiger partial charge in [0.05, 0.1) is 10.5 Å². The van der Waals surface area contributed by atoms with Gasteiger partial charge in [0.2, 0.25) is 0 Å². The van der Waals surface area contributed by atoms with Crippen LogP contribution in [0.4, 0.5) is 0 Å². The number of nitrogens with zero attached hydrogens (tertiary/aromatic N) is 3. The predicted octanol–water partition coefficient (Wildman–Crippen LogP) is 3.25. The highest BCUT2D eigenvalue weighted by Gasteiger charge is 2.19. The van der Waals surface area contributed by atoms with E-state index in [0.29, 0.717) is 16.5 Å².